The molecule has 0 aliphatic carbocycles. The molecule has 4 nitrogen and oxygen atoms in total. The molecule has 0 unspecified atom stereocenters. The maximum Gasteiger partial charge on any atom is 0.137 e. The summed E-state index contributed by atoms with van der Waals surface area (Å²) in [5, 5.41) is 2.17. The van der Waals surface area contributed by atoms with Crippen LogP contribution in [-0.2, 0) is 0 Å². The molecule has 4 heteroatoms. The van der Waals surface area contributed by atoms with Crippen LogP contribution in [0.4, 0.5) is 5.69 Å². The predicted molar refractivity (Wildman–Crippen MR) is 86.0 cm³/mol. The maximum absolute atomic E-state index is 5.82. The van der Waals surface area contributed by atoms with Crippen LogP contribution in [0.3, 0.4) is 0 Å². The molecule has 21 heavy (non-hydrogen) atoms. The standard InChI is InChI=1S/C17H14N4/c1-10-4-14-15(9-21-17(14)20-7-10)11-2-3-16-12(5-11)6-13(18)8-19-16/h2-9H,18H2,1H3,(H,20,21). The highest BCUT2D eigenvalue weighted by molar-refractivity contribution is 5.96. The molecular formula is C17H14N4. The number of aromatic nitrogens is 3. The van der Waals surface area contributed by atoms with E-state index in [1.807, 2.05) is 31.5 Å². The van der Waals surface area contributed by atoms with E-state index >= 15 is 0 Å². The summed E-state index contributed by atoms with van der Waals surface area (Å²) in [7, 11) is 0. The van der Waals surface area contributed by atoms with Gasteiger partial charge in [-0.25, -0.2) is 4.98 Å². The number of hydrogen-bond acceptors (Lipinski definition) is 3. The molecule has 0 atom stereocenters. The Labute approximate surface area is 121 Å². The van der Waals surface area contributed by atoms with Crippen molar-refractivity contribution in [2.24, 2.45) is 0 Å². The third kappa shape index (κ3) is 1.92. The molecule has 0 bridgehead atoms. The Morgan fingerprint density at radius 2 is 1.95 bits per heavy atom. The Morgan fingerprint density at radius 1 is 1.05 bits per heavy atom. The fourth-order valence-corrected chi connectivity index (χ4v) is 2.66. The summed E-state index contributed by atoms with van der Waals surface area (Å²) < 4.78 is 0. The average Bonchev–Trinajstić information content (AvgIpc) is 2.89. The second kappa shape index (κ2) is 4.31. The van der Waals surface area contributed by atoms with Crippen LogP contribution in [0.2, 0.25) is 0 Å². The van der Waals surface area contributed by atoms with Crippen molar-refractivity contribution < 1.29 is 0 Å². The van der Waals surface area contributed by atoms with Crippen molar-refractivity contribution in [3.05, 3.63) is 54.5 Å². The number of aromatic amines is 1. The third-order valence-corrected chi connectivity index (χ3v) is 3.68. The summed E-state index contributed by atoms with van der Waals surface area (Å²) in [4.78, 5) is 12.0. The molecule has 0 spiro atoms. The molecule has 4 rings (SSSR count). The number of benzene rings is 1. The summed E-state index contributed by atoms with van der Waals surface area (Å²) in [5.41, 5.74) is 11.8. The van der Waals surface area contributed by atoms with E-state index in [1.54, 1.807) is 6.20 Å². The molecule has 3 N–H and O–H groups in total. The fourth-order valence-electron chi connectivity index (χ4n) is 2.66. The highest BCUT2D eigenvalue weighted by Crippen LogP contribution is 2.30. The number of nitrogens with two attached hydrogens (primary N) is 1. The van der Waals surface area contributed by atoms with E-state index in [0.29, 0.717) is 5.69 Å². The van der Waals surface area contributed by atoms with E-state index in [1.165, 1.54) is 0 Å². The lowest BCUT2D eigenvalue weighted by Gasteiger charge is -2.04. The molecule has 1 aromatic carbocycles. The number of nitrogens with zero attached hydrogens (tertiary/aromatic N) is 2. The number of anilines is 1. The van der Waals surface area contributed by atoms with Crippen LogP contribution in [0, 0.1) is 6.92 Å². The lowest BCUT2D eigenvalue weighted by atomic mass is 10.0. The quantitative estimate of drug-likeness (QED) is 0.556. The van der Waals surface area contributed by atoms with Crippen molar-refractivity contribution in [3.63, 3.8) is 0 Å². The number of pyridine rings is 2. The van der Waals surface area contributed by atoms with Crippen molar-refractivity contribution in [2.75, 3.05) is 5.73 Å². The van der Waals surface area contributed by atoms with Gasteiger partial charge in [-0.2, -0.15) is 0 Å². The van der Waals surface area contributed by atoms with Gasteiger partial charge in [0.1, 0.15) is 5.65 Å². The third-order valence-electron chi connectivity index (χ3n) is 3.68. The van der Waals surface area contributed by atoms with Gasteiger partial charge in [0.05, 0.1) is 17.4 Å². The van der Waals surface area contributed by atoms with E-state index in [-0.39, 0.29) is 0 Å². The van der Waals surface area contributed by atoms with E-state index in [9.17, 15) is 0 Å². The molecule has 0 saturated carbocycles. The number of rotatable bonds is 1. The topological polar surface area (TPSA) is 67.6 Å². The Kier molecular flexibility index (Phi) is 2.44. The molecule has 4 aromatic rings. The lowest BCUT2D eigenvalue weighted by molar-refractivity contribution is 1.29. The van der Waals surface area contributed by atoms with Crippen LogP contribution >= 0.6 is 0 Å². The summed E-state index contributed by atoms with van der Waals surface area (Å²) in [6, 6.07) is 10.3. The van der Waals surface area contributed by atoms with E-state index in [0.717, 1.165) is 38.6 Å². The number of nitrogens with one attached hydrogen (secondary N) is 1. The largest absolute Gasteiger partial charge is 0.397 e. The van der Waals surface area contributed by atoms with Crippen molar-refractivity contribution in [3.8, 4) is 11.1 Å². The molecule has 0 aliphatic rings. The van der Waals surface area contributed by atoms with E-state index < -0.39 is 0 Å². The van der Waals surface area contributed by atoms with E-state index in [2.05, 4.69) is 33.2 Å². The highest BCUT2D eigenvalue weighted by Gasteiger charge is 2.08. The Morgan fingerprint density at radius 3 is 2.86 bits per heavy atom. The minimum atomic E-state index is 0.677. The van der Waals surface area contributed by atoms with Gasteiger partial charge in [0.15, 0.2) is 0 Å². The zero-order valence-corrected chi connectivity index (χ0v) is 11.6. The van der Waals surface area contributed by atoms with Gasteiger partial charge in [0, 0.05) is 28.7 Å². The number of nitrogen functional groups attached to an aromatic ring is 1. The Hall–Kier alpha value is -2.88. The molecule has 3 aromatic heterocycles. The normalized spacial score (nSPS) is 11.3. The second-order valence-corrected chi connectivity index (χ2v) is 5.29. The van der Waals surface area contributed by atoms with Crippen LogP contribution in [0.25, 0.3) is 33.1 Å². The van der Waals surface area contributed by atoms with Crippen molar-refractivity contribution in [1.82, 2.24) is 15.0 Å². The van der Waals surface area contributed by atoms with Crippen molar-refractivity contribution in [1.29, 1.82) is 0 Å². The minimum Gasteiger partial charge on any atom is -0.397 e. The SMILES string of the molecule is Cc1cnc2[nH]cc(-c3ccc4ncc(N)cc4c3)c2c1. The molecule has 0 amide bonds. The number of aryl methyl sites for hydroxylation is 1. The second-order valence-electron chi connectivity index (χ2n) is 5.29. The zero-order valence-electron chi connectivity index (χ0n) is 11.6. The molecule has 0 radical (unpaired) electrons. The molecule has 102 valence electrons. The first kappa shape index (κ1) is 11.9. The maximum atomic E-state index is 5.82. The van der Waals surface area contributed by atoms with Gasteiger partial charge < -0.3 is 10.7 Å². The van der Waals surface area contributed by atoms with Crippen molar-refractivity contribution >= 4 is 27.6 Å². The van der Waals surface area contributed by atoms with E-state index in [4.69, 9.17) is 5.73 Å². The average molecular weight is 274 g/mol. The van der Waals surface area contributed by atoms with Crippen LogP contribution in [0.1, 0.15) is 5.56 Å². The van der Waals surface area contributed by atoms with Crippen LogP contribution < -0.4 is 5.73 Å². The summed E-state index contributed by atoms with van der Waals surface area (Å²) >= 11 is 0. The monoisotopic (exact) mass is 274 g/mol. The number of H-pyrrole nitrogens is 1. The fraction of sp³-hybridized carbons (Fsp3) is 0.0588. The smallest absolute Gasteiger partial charge is 0.137 e. The highest BCUT2D eigenvalue weighted by atomic mass is 14.8. The summed E-state index contributed by atoms with van der Waals surface area (Å²) in [6.07, 6.45) is 5.55. The first-order valence-corrected chi connectivity index (χ1v) is 6.80. The van der Waals surface area contributed by atoms with Gasteiger partial charge in [-0.05, 0) is 42.3 Å². The molecule has 0 aliphatic heterocycles. The zero-order chi connectivity index (χ0) is 14.4. The van der Waals surface area contributed by atoms with Crippen molar-refractivity contribution in [2.45, 2.75) is 6.92 Å². The van der Waals surface area contributed by atoms with Gasteiger partial charge in [-0.15, -0.1) is 0 Å². The Balaban J connectivity index is 1.97. The van der Waals surface area contributed by atoms with Crippen LogP contribution in [-0.4, -0.2) is 15.0 Å². The molecular weight excluding hydrogens is 260 g/mol. The lowest BCUT2D eigenvalue weighted by Crippen LogP contribution is -1.87. The van der Waals surface area contributed by atoms with Gasteiger partial charge >= 0.3 is 0 Å². The van der Waals surface area contributed by atoms with Crippen LogP contribution in [0.5, 0.6) is 0 Å². The minimum absolute atomic E-state index is 0.677. The molecule has 3 heterocycles. The molecule has 0 fully saturated rings. The molecule has 0 saturated heterocycles. The predicted octanol–water partition coefficient (Wildman–Crippen LogP) is 3.67. The first-order valence-electron chi connectivity index (χ1n) is 6.80. The summed E-state index contributed by atoms with van der Waals surface area (Å²) in [5.74, 6) is 0. The summed E-state index contributed by atoms with van der Waals surface area (Å²) in [6.45, 7) is 2.05. The van der Waals surface area contributed by atoms with Gasteiger partial charge in [-0.1, -0.05) is 6.07 Å². The van der Waals surface area contributed by atoms with Gasteiger partial charge in [-0.3, -0.25) is 4.98 Å². The first-order chi connectivity index (χ1) is 10.2. The van der Waals surface area contributed by atoms with Gasteiger partial charge in [0.25, 0.3) is 0 Å². The number of fused-ring (bicyclic) bond motifs is 2. The Bertz CT molecular complexity index is 969. The number of hydrogen-bond donors (Lipinski definition) is 2. The van der Waals surface area contributed by atoms with Crippen LogP contribution in [0.15, 0.2) is 48.9 Å². The van der Waals surface area contributed by atoms with Gasteiger partial charge in [0.2, 0.25) is 0 Å².